The zero-order valence-corrected chi connectivity index (χ0v) is 17.6. The number of carbonyl (C=O) groups is 2. The minimum Gasteiger partial charge on any atom is -0.460 e. The number of hydrogen-bond acceptors (Lipinski definition) is 4. The summed E-state index contributed by atoms with van der Waals surface area (Å²) in [5.41, 5.74) is -0.302. The lowest BCUT2D eigenvalue weighted by Crippen LogP contribution is -2.55. The first-order chi connectivity index (χ1) is 13.2. The van der Waals surface area contributed by atoms with Gasteiger partial charge in [0.05, 0.1) is 13.0 Å². The zero-order chi connectivity index (χ0) is 19.8. The van der Waals surface area contributed by atoms with Gasteiger partial charge in [0, 0.05) is 5.92 Å². The monoisotopic (exact) mass is 386 g/mol. The minimum absolute atomic E-state index is 0.165. The van der Waals surface area contributed by atoms with Gasteiger partial charge in [-0.3, -0.25) is 9.59 Å². The maximum atomic E-state index is 12.9. The molecule has 4 bridgehead atoms. The van der Waals surface area contributed by atoms with E-state index in [1.165, 1.54) is 19.3 Å². The van der Waals surface area contributed by atoms with Crippen LogP contribution >= 0.6 is 0 Å². The molecule has 28 heavy (non-hydrogen) atoms. The first-order valence-electron chi connectivity index (χ1n) is 11.2. The molecule has 0 amide bonds. The molecule has 5 aliphatic rings. The molecule has 0 aliphatic heterocycles. The number of Topliss-reactive ketones (excluding diaryl/α,β-unsaturated/α-hetero) is 1. The van der Waals surface area contributed by atoms with Gasteiger partial charge < -0.3 is 9.47 Å². The number of carbonyl (C=O) groups excluding carboxylic acids is 2. The molecule has 4 nitrogen and oxygen atoms in total. The van der Waals surface area contributed by atoms with Gasteiger partial charge >= 0.3 is 5.97 Å². The third-order valence-electron chi connectivity index (χ3n) is 8.65. The molecule has 0 aromatic carbocycles. The third kappa shape index (κ3) is 2.74. The molecule has 5 aliphatic carbocycles. The summed E-state index contributed by atoms with van der Waals surface area (Å²) in [6.45, 7) is 8.25. The number of allylic oxidation sites excluding steroid dienone is 2. The molecule has 0 N–H and O–H groups in total. The summed E-state index contributed by atoms with van der Waals surface area (Å²) >= 11 is 0. The summed E-state index contributed by atoms with van der Waals surface area (Å²) in [7, 11) is 0. The Kier molecular flexibility index (Phi) is 4.15. The fourth-order valence-electron chi connectivity index (χ4n) is 7.75. The van der Waals surface area contributed by atoms with Gasteiger partial charge in [-0.05, 0) is 87.4 Å². The molecule has 0 spiro atoms. The molecule has 154 valence electrons. The van der Waals surface area contributed by atoms with Crippen molar-refractivity contribution < 1.29 is 19.1 Å². The van der Waals surface area contributed by atoms with Gasteiger partial charge in [-0.2, -0.15) is 0 Å². The normalized spacial score (nSPS) is 48.1. The summed E-state index contributed by atoms with van der Waals surface area (Å²) in [6.07, 6.45) is 9.64. The van der Waals surface area contributed by atoms with Crippen molar-refractivity contribution in [1.82, 2.24) is 0 Å². The topological polar surface area (TPSA) is 52.6 Å². The molecule has 0 radical (unpaired) electrons. The van der Waals surface area contributed by atoms with Crippen molar-refractivity contribution in [2.24, 2.45) is 46.8 Å². The number of fused-ring (bicyclic) bond motifs is 9. The Morgan fingerprint density at radius 2 is 1.86 bits per heavy atom. The summed E-state index contributed by atoms with van der Waals surface area (Å²) < 4.78 is 11.1. The zero-order valence-electron chi connectivity index (χ0n) is 17.6. The van der Waals surface area contributed by atoms with Crippen LogP contribution in [0.15, 0.2) is 12.2 Å². The largest absolute Gasteiger partial charge is 0.460 e. The van der Waals surface area contributed by atoms with Crippen LogP contribution < -0.4 is 0 Å². The van der Waals surface area contributed by atoms with Crippen molar-refractivity contribution >= 4 is 11.8 Å². The number of rotatable bonds is 5. The lowest BCUT2D eigenvalue weighted by atomic mass is 9.53. The van der Waals surface area contributed by atoms with E-state index in [1.807, 2.05) is 20.8 Å². The highest BCUT2D eigenvalue weighted by molar-refractivity contribution is 5.92. The number of ketones is 1. The smallest absolute Gasteiger partial charge is 0.308 e. The molecule has 4 saturated carbocycles. The average molecular weight is 387 g/mol. The van der Waals surface area contributed by atoms with Crippen molar-refractivity contribution in [3.05, 3.63) is 12.2 Å². The first-order valence-corrected chi connectivity index (χ1v) is 11.2. The molecule has 0 heterocycles. The summed E-state index contributed by atoms with van der Waals surface area (Å²) in [6, 6.07) is 0. The van der Waals surface area contributed by atoms with Crippen molar-refractivity contribution in [3.8, 4) is 0 Å². The van der Waals surface area contributed by atoms with Crippen LogP contribution in [-0.2, 0) is 19.1 Å². The van der Waals surface area contributed by atoms with Crippen LogP contribution in [0.2, 0.25) is 0 Å². The average Bonchev–Trinajstić information content (AvgIpc) is 3.33. The van der Waals surface area contributed by atoms with E-state index in [0.717, 1.165) is 41.9 Å². The Morgan fingerprint density at radius 1 is 1.14 bits per heavy atom. The van der Waals surface area contributed by atoms with Gasteiger partial charge in [-0.15, -0.1) is 0 Å². The van der Waals surface area contributed by atoms with Gasteiger partial charge in [0.15, 0.2) is 5.78 Å². The van der Waals surface area contributed by atoms with Crippen molar-refractivity contribution in [3.63, 3.8) is 0 Å². The van der Waals surface area contributed by atoms with Crippen LogP contribution in [0.5, 0.6) is 0 Å². The molecule has 4 heteroatoms. The highest BCUT2D eigenvalue weighted by Gasteiger charge is 2.68. The molecule has 9 unspecified atom stereocenters. The van der Waals surface area contributed by atoms with Gasteiger partial charge in [0.1, 0.15) is 11.7 Å². The second kappa shape index (κ2) is 6.17. The lowest BCUT2D eigenvalue weighted by molar-refractivity contribution is -0.166. The lowest BCUT2D eigenvalue weighted by Gasteiger charge is -2.51. The van der Waals surface area contributed by atoms with E-state index < -0.39 is 5.60 Å². The van der Waals surface area contributed by atoms with Crippen LogP contribution in [0.1, 0.15) is 59.8 Å². The Bertz CT molecular complexity index is 719. The van der Waals surface area contributed by atoms with E-state index in [-0.39, 0.29) is 42.2 Å². The number of hydrogen-bond donors (Lipinski definition) is 0. The van der Waals surface area contributed by atoms with E-state index in [9.17, 15) is 9.59 Å². The highest BCUT2D eigenvalue weighted by Crippen LogP contribution is 2.72. The van der Waals surface area contributed by atoms with Crippen LogP contribution in [0.25, 0.3) is 0 Å². The van der Waals surface area contributed by atoms with E-state index in [1.54, 1.807) is 0 Å². The maximum absolute atomic E-state index is 12.9. The maximum Gasteiger partial charge on any atom is 0.308 e. The molecule has 9 atom stereocenters. The summed E-state index contributed by atoms with van der Waals surface area (Å²) in [4.78, 5) is 24.7. The molecule has 0 aromatic heterocycles. The van der Waals surface area contributed by atoms with E-state index in [4.69, 9.17) is 9.47 Å². The first kappa shape index (κ1) is 18.8. The van der Waals surface area contributed by atoms with Crippen LogP contribution in [0.3, 0.4) is 0 Å². The van der Waals surface area contributed by atoms with Gasteiger partial charge in [0.2, 0.25) is 0 Å². The SMILES string of the molecule is CC(C)(C)OC(=O)CCOC1CC(C2(C)CC3CC2C2C4C=CC(C4)C32)C1=O. The van der Waals surface area contributed by atoms with Crippen LogP contribution in [-0.4, -0.2) is 30.1 Å². The summed E-state index contributed by atoms with van der Waals surface area (Å²) in [5.74, 6) is 5.09. The van der Waals surface area contributed by atoms with Crippen molar-refractivity contribution in [2.75, 3.05) is 6.61 Å². The molecular weight excluding hydrogens is 352 g/mol. The van der Waals surface area contributed by atoms with Crippen molar-refractivity contribution in [1.29, 1.82) is 0 Å². The van der Waals surface area contributed by atoms with E-state index in [2.05, 4.69) is 19.1 Å². The molecular formula is C24H34O4. The number of esters is 1. The van der Waals surface area contributed by atoms with Gasteiger partial charge in [-0.25, -0.2) is 0 Å². The predicted molar refractivity (Wildman–Crippen MR) is 105 cm³/mol. The van der Waals surface area contributed by atoms with E-state index in [0.29, 0.717) is 0 Å². The summed E-state index contributed by atoms with van der Waals surface area (Å²) in [5, 5.41) is 0. The standard InChI is InChI=1S/C24H34O4/c1-23(2,3)28-19(25)7-8-27-18-11-17(22(18)26)24(4)12-15-10-16(24)21-14-6-5-13(9-14)20(15)21/h5-6,13-18,20-21H,7-12H2,1-4H3. The van der Waals surface area contributed by atoms with Gasteiger partial charge in [-0.1, -0.05) is 19.1 Å². The Labute approximate surface area is 168 Å². The molecule has 0 aromatic rings. The Balaban J connectivity index is 1.15. The third-order valence-corrected chi connectivity index (χ3v) is 8.65. The second-order valence-electron chi connectivity index (χ2n) is 11.3. The number of ether oxygens (including phenoxy) is 2. The van der Waals surface area contributed by atoms with E-state index >= 15 is 0 Å². The quantitative estimate of drug-likeness (QED) is 0.404. The second-order valence-corrected chi connectivity index (χ2v) is 11.3. The minimum atomic E-state index is -0.475. The fourth-order valence-corrected chi connectivity index (χ4v) is 7.75. The molecule has 4 fully saturated rings. The Morgan fingerprint density at radius 3 is 2.54 bits per heavy atom. The van der Waals surface area contributed by atoms with Gasteiger partial charge in [0.25, 0.3) is 0 Å². The van der Waals surface area contributed by atoms with Crippen LogP contribution in [0.4, 0.5) is 0 Å². The molecule has 5 rings (SSSR count). The Hall–Kier alpha value is -1.16. The van der Waals surface area contributed by atoms with Crippen LogP contribution in [0, 0.1) is 46.8 Å². The molecule has 0 saturated heterocycles. The van der Waals surface area contributed by atoms with Crippen molar-refractivity contribution in [2.45, 2.75) is 71.5 Å². The fraction of sp³-hybridized carbons (Fsp3) is 0.833. The highest BCUT2D eigenvalue weighted by atomic mass is 16.6. The predicted octanol–water partition coefficient (Wildman–Crippen LogP) is 4.18.